The minimum absolute atomic E-state index is 0.0142. The average molecular weight is 316 g/mol. The van der Waals surface area contributed by atoms with Gasteiger partial charge in [-0.25, -0.2) is 0 Å². The van der Waals surface area contributed by atoms with Gasteiger partial charge in [-0.3, -0.25) is 0 Å². The monoisotopic (exact) mass is 315 g/mol. The summed E-state index contributed by atoms with van der Waals surface area (Å²) in [5.74, 6) is 0.777. The van der Waals surface area contributed by atoms with Crippen LogP contribution in [0, 0.1) is 6.92 Å². The normalized spacial score (nSPS) is 11.5. The van der Waals surface area contributed by atoms with Gasteiger partial charge < -0.3 is 10.5 Å². The Morgan fingerprint density at radius 1 is 1.14 bits per heavy atom. The molecule has 0 saturated carbocycles. The second-order valence-electron chi connectivity index (χ2n) is 4.53. The maximum Gasteiger partial charge on any atom is 0.416 e. The van der Waals surface area contributed by atoms with Gasteiger partial charge in [0.2, 0.25) is 0 Å². The zero-order valence-electron chi connectivity index (χ0n) is 11.2. The van der Waals surface area contributed by atoms with E-state index in [2.05, 4.69) is 0 Å². The molecule has 2 nitrogen and oxygen atoms in total. The molecule has 0 aliphatic rings. The Hall–Kier alpha value is -1.72. The second kappa shape index (κ2) is 5.95. The number of halogens is 4. The summed E-state index contributed by atoms with van der Waals surface area (Å²) in [7, 11) is 0. The summed E-state index contributed by atoms with van der Waals surface area (Å²) in [4.78, 5) is 0. The van der Waals surface area contributed by atoms with Crippen molar-refractivity contribution in [3.8, 4) is 11.5 Å². The van der Waals surface area contributed by atoms with Crippen LogP contribution in [0.2, 0.25) is 5.02 Å². The summed E-state index contributed by atoms with van der Waals surface area (Å²) in [6.07, 6.45) is -4.43. The van der Waals surface area contributed by atoms with Crippen molar-refractivity contribution in [3.05, 3.63) is 58.1 Å². The maximum atomic E-state index is 12.8. The molecule has 2 aromatic carbocycles. The molecule has 0 amide bonds. The van der Waals surface area contributed by atoms with Crippen LogP contribution in [0.25, 0.3) is 0 Å². The maximum absolute atomic E-state index is 12.8. The van der Waals surface area contributed by atoms with E-state index in [0.717, 1.165) is 11.6 Å². The smallest absolute Gasteiger partial charge is 0.416 e. The van der Waals surface area contributed by atoms with Gasteiger partial charge in [-0.05, 0) is 48.4 Å². The highest BCUT2D eigenvalue weighted by atomic mass is 35.5. The molecule has 21 heavy (non-hydrogen) atoms. The Labute approximate surface area is 125 Å². The second-order valence-corrected chi connectivity index (χ2v) is 4.97. The summed E-state index contributed by atoms with van der Waals surface area (Å²) < 4.78 is 44.0. The molecule has 0 bridgehead atoms. The molecule has 112 valence electrons. The molecule has 0 saturated heterocycles. The molecule has 0 aliphatic carbocycles. The van der Waals surface area contributed by atoms with Crippen LogP contribution < -0.4 is 10.5 Å². The van der Waals surface area contributed by atoms with Gasteiger partial charge in [-0.1, -0.05) is 17.7 Å². The van der Waals surface area contributed by atoms with E-state index in [-0.39, 0.29) is 17.9 Å². The summed E-state index contributed by atoms with van der Waals surface area (Å²) in [6.45, 7) is 1.60. The topological polar surface area (TPSA) is 35.2 Å². The highest BCUT2D eigenvalue weighted by Crippen LogP contribution is 2.35. The first-order valence-electron chi connectivity index (χ1n) is 6.15. The average Bonchev–Trinajstić information content (AvgIpc) is 2.41. The predicted molar refractivity (Wildman–Crippen MR) is 75.6 cm³/mol. The van der Waals surface area contributed by atoms with E-state index in [1.807, 2.05) is 6.92 Å². The summed E-state index contributed by atoms with van der Waals surface area (Å²) >= 11 is 5.88. The van der Waals surface area contributed by atoms with Crippen molar-refractivity contribution in [1.29, 1.82) is 0 Å². The molecule has 0 unspecified atom stereocenters. The Bertz CT molecular complexity index is 656. The van der Waals surface area contributed by atoms with Crippen molar-refractivity contribution in [3.63, 3.8) is 0 Å². The van der Waals surface area contributed by atoms with Gasteiger partial charge in [-0.15, -0.1) is 0 Å². The Kier molecular flexibility index (Phi) is 4.44. The van der Waals surface area contributed by atoms with Crippen LogP contribution in [0.3, 0.4) is 0 Å². The number of rotatable bonds is 3. The Balaban J connectivity index is 2.36. The fourth-order valence-electron chi connectivity index (χ4n) is 1.89. The highest BCUT2D eigenvalue weighted by Gasteiger charge is 2.33. The number of aryl methyl sites for hydroxylation is 1. The van der Waals surface area contributed by atoms with Crippen LogP contribution >= 0.6 is 11.6 Å². The minimum atomic E-state index is -4.43. The molecular weight excluding hydrogens is 303 g/mol. The lowest BCUT2D eigenvalue weighted by atomic mass is 10.1. The van der Waals surface area contributed by atoms with Crippen LogP contribution in [0.4, 0.5) is 13.2 Å². The van der Waals surface area contributed by atoms with Gasteiger partial charge in [0, 0.05) is 11.6 Å². The number of hydrogen-bond donors (Lipinski definition) is 1. The third kappa shape index (κ3) is 3.68. The molecule has 2 rings (SSSR count). The Morgan fingerprint density at radius 2 is 1.86 bits per heavy atom. The molecule has 0 atom stereocenters. The van der Waals surface area contributed by atoms with Crippen LogP contribution in [-0.2, 0) is 12.7 Å². The quantitative estimate of drug-likeness (QED) is 0.872. The van der Waals surface area contributed by atoms with Gasteiger partial charge >= 0.3 is 6.18 Å². The van der Waals surface area contributed by atoms with Gasteiger partial charge in [0.1, 0.15) is 11.5 Å². The lowest BCUT2D eigenvalue weighted by molar-refractivity contribution is -0.138. The fourth-order valence-corrected chi connectivity index (χ4v) is 2.05. The number of nitrogens with two attached hydrogens (primary N) is 1. The first-order chi connectivity index (χ1) is 9.81. The SMILES string of the molecule is Cc1ccc(Cl)cc1Oc1ccc(C(F)(F)F)c(CN)c1. The van der Waals surface area contributed by atoms with Crippen LogP contribution in [0.15, 0.2) is 36.4 Å². The molecule has 0 radical (unpaired) electrons. The van der Waals surface area contributed by atoms with E-state index in [1.165, 1.54) is 12.1 Å². The molecule has 6 heteroatoms. The van der Waals surface area contributed by atoms with Crippen molar-refractivity contribution in [2.45, 2.75) is 19.6 Å². The zero-order chi connectivity index (χ0) is 15.6. The van der Waals surface area contributed by atoms with E-state index < -0.39 is 11.7 Å². The predicted octanol–water partition coefficient (Wildman–Crippen LogP) is 4.92. The molecule has 0 aliphatic heterocycles. The van der Waals surface area contributed by atoms with Gasteiger partial charge in [0.15, 0.2) is 0 Å². The standard InChI is InChI=1S/C15H13ClF3NO/c1-9-2-3-11(16)7-14(9)21-12-4-5-13(15(17,18)19)10(6-12)8-20/h2-7H,8,20H2,1H3. The van der Waals surface area contributed by atoms with E-state index in [1.54, 1.807) is 18.2 Å². The van der Waals surface area contributed by atoms with Crippen LogP contribution in [-0.4, -0.2) is 0 Å². The highest BCUT2D eigenvalue weighted by molar-refractivity contribution is 6.30. The number of ether oxygens (including phenoxy) is 1. The summed E-state index contributed by atoms with van der Waals surface area (Å²) in [6, 6.07) is 8.62. The van der Waals surface area contributed by atoms with Crippen molar-refractivity contribution in [1.82, 2.24) is 0 Å². The molecule has 0 spiro atoms. The third-order valence-electron chi connectivity index (χ3n) is 2.98. The van der Waals surface area contributed by atoms with E-state index in [9.17, 15) is 13.2 Å². The van der Waals surface area contributed by atoms with Crippen molar-refractivity contribution in [2.24, 2.45) is 5.73 Å². The number of hydrogen-bond acceptors (Lipinski definition) is 2. The minimum Gasteiger partial charge on any atom is -0.457 e. The van der Waals surface area contributed by atoms with Crippen LogP contribution in [0.1, 0.15) is 16.7 Å². The first-order valence-corrected chi connectivity index (χ1v) is 6.53. The van der Waals surface area contributed by atoms with Gasteiger partial charge in [0.25, 0.3) is 0 Å². The zero-order valence-corrected chi connectivity index (χ0v) is 11.9. The van der Waals surface area contributed by atoms with Crippen molar-refractivity contribution >= 4 is 11.6 Å². The molecular formula is C15H13ClF3NO. The van der Waals surface area contributed by atoms with E-state index in [4.69, 9.17) is 22.1 Å². The number of alkyl halides is 3. The summed E-state index contributed by atoms with van der Waals surface area (Å²) in [5.41, 5.74) is 5.45. The lowest BCUT2D eigenvalue weighted by Gasteiger charge is -2.14. The largest absolute Gasteiger partial charge is 0.457 e. The summed E-state index contributed by atoms with van der Waals surface area (Å²) in [5, 5.41) is 0.488. The van der Waals surface area contributed by atoms with Crippen LogP contribution in [0.5, 0.6) is 11.5 Å². The fraction of sp³-hybridized carbons (Fsp3) is 0.200. The molecule has 2 aromatic rings. The molecule has 0 fully saturated rings. The Morgan fingerprint density at radius 3 is 2.48 bits per heavy atom. The molecule has 0 aromatic heterocycles. The van der Waals surface area contributed by atoms with Gasteiger partial charge in [0.05, 0.1) is 5.56 Å². The first kappa shape index (κ1) is 15.7. The lowest BCUT2D eigenvalue weighted by Crippen LogP contribution is -2.11. The van der Waals surface area contributed by atoms with Crippen molar-refractivity contribution < 1.29 is 17.9 Å². The van der Waals surface area contributed by atoms with E-state index >= 15 is 0 Å². The van der Waals surface area contributed by atoms with Gasteiger partial charge in [-0.2, -0.15) is 13.2 Å². The third-order valence-corrected chi connectivity index (χ3v) is 3.22. The number of benzene rings is 2. The molecule has 2 N–H and O–H groups in total. The van der Waals surface area contributed by atoms with Crippen molar-refractivity contribution in [2.75, 3.05) is 0 Å². The van der Waals surface area contributed by atoms with E-state index in [0.29, 0.717) is 10.8 Å². The molecule has 0 heterocycles.